The fourth-order valence-electron chi connectivity index (χ4n) is 4.87. The van der Waals surface area contributed by atoms with Gasteiger partial charge in [0.2, 0.25) is 0 Å². The van der Waals surface area contributed by atoms with Crippen molar-refractivity contribution in [3.8, 4) is 22.5 Å². The molecular formula is C30H32N6O2. The van der Waals surface area contributed by atoms with Gasteiger partial charge in [-0.15, -0.1) is 0 Å². The summed E-state index contributed by atoms with van der Waals surface area (Å²) in [4.78, 5) is 21.5. The molecule has 38 heavy (non-hydrogen) atoms. The first-order valence-corrected chi connectivity index (χ1v) is 13.4. The van der Waals surface area contributed by atoms with E-state index in [9.17, 15) is 4.79 Å². The maximum atomic E-state index is 12.6. The van der Waals surface area contributed by atoms with Crippen molar-refractivity contribution >= 4 is 17.2 Å². The zero-order valence-electron chi connectivity index (χ0n) is 21.6. The summed E-state index contributed by atoms with van der Waals surface area (Å²) >= 11 is 0. The van der Waals surface area contributed by atoms with Gasteiger partial charge in [0.15, 0.2) is 5.65 Å². The van der Waals surface area contributed by atoms with Crippen molar-refractivity contribution in [3.05, 3.63) is 78.4 Å². The molecule has 4 aromatic rings. The summed E-state index contributed by atoms with van der Waals surface area (Å²) in [5.41, 5.74) is 6.79. The largest absolute Gasteiger partial charge is 0.378 e. The Labute approximate surface area is 222 Å². The Morgan fingerprint density at radius 2 is 1.97 bits per heavy atom. The number of hydrogen-bond donors (Lipinski definition) is 2. The molecule has 0 bridgehead atoms. The summed E-state index contributed by atoms with van der Waals surface area (Å²) in [7, 11) is 0. The number of nitrogens with zero attached hydrogens (tertiary/aromatic N) is 4. The summed E-state index contributed by atoms with van der Waals surface area (Å²) in [6.45, 7) is 2.83. The minimum absolute atomic E-state index is 0.00955. The topological polar surface area (TPSA) is 93.4 Å². The van der Waals surface area contributed by atoms with E-state index >= 15 is 0 Å². The van der Waals surface area contributed by atoms with Crippen LogP contribution in [-0.2, 0) is 4.74 Å². The molecule has 4 heterocycles. The highest BCUT2D eigenvalue weighted by atomic mass is 16.5. The second-order valence-corrected chi connectivity index (χ2v) is 10.1. The lowest BCUT2D eigenvalue weighted by atomic mass is 10.0. The fourth-order valence-corrected chi connectivity index (χ4v) is 4.87. The van der Waals surface area contributed by atoms with Crippen LogP contribution in [-0.4, -0.2) is 44.2 Å². The van der Waals surface area contributed by atoms with Crippen molar-refractivity contribution in [1.82, 2.24) is 24.9 Å². The van der Waals surface area contributed by atoms with Crippen molar-refractivity contribution in [3.63, 3.8) is 0 Å². The number of anilines is 1. The second kappa shape index (κ2) is 10.8. The molecule has 1 saturated carbocycles. The van der Waals surface area contributed by atoms with Crippen molar-refractivity contribution in [2.24, 2.45) is 0 Å². The summed E-state index contributed by atoms with van der Waals surface area (Å²) in [6, 6.07) is 12.1. The first-order chi connectivity index (χ1) is 18.7. The predicted molar refractivity (Wildman–Crippen MR) is 148 cm³/mol. The molecule has 3 aromatic heterocycles. The Bertz CT molecular complexity index is 1470. The minimum Gasteiger partial charge on any atom is -0.378 e. The van der Waals surface area contributed by atoms with E-state index in [1.165, 1.54) is 6.42 Å². The number of rotatable bonds is 8. The standard InChI is InChI=1S/C30H32N6O2/c1-20-17-22(7-10-25(20)30(37)34-23-8-9-23)28-19-33-29-27(32-13-4-6-24-5-2-3-16-38-24)18-26(35-36(28)29)21-11-14-31-15-12-21/h4,7,10-15,17-19,23-24,32H,2-3,5-6,8-9,16H2,1H3,(H,34,37)/b13-4+. The maximum Gasteiger partial charge on any atom is 0.251 e. The zero-order valence-corrected chi connectivity index (χ0v) is 21.6. The third-order valence-electron chi connectivity index (χ3n) is 7.15. The van der Waals surface area contributed by atoms with Crippen LogP contribution in [0.3, 0.4) is 0 Å². The molecule has 6 rings (SSSR count). The van der Waals surface area contributed by atoms with Gasteiger partial charge in [-0.05, 0) is 87.5 Å². The van der Waals surface area contributed by atoms with Crippen molar-refractivity contribution < 1.29 is 9.53 Å². The van der Waals surface area contributed by atoms with Crippen LogP contribution < -0.4 is 10.6 Å². The van der Waals surface area contributed by atoms with E-state index < -0.39 is 0 Å². The first kappa shape index (κ1) is 24.3. The molecule has 1 aliphatic heterocycles. The normalized spacial score (nSPS) is 17.7. The van der Waals surface area contributed by atoms with Crippen LogP contribution >= 0.6 is 0 Å². The van der Waals surface area contributed by atoms with Crippen LogP contribution in [0.5, 0.6) is 0 Å². The number of imidazole rings is 1. The fraction of sp³-hybridized carbons (Fsp3) is 0.333. The summed E-state index contributed by atoms with van der Waals surface area (Å²) in [6.07, 6.45) is 16.3. The van der Waals surface area contributed by atoms with E-state index in [4.69, 9.17) is 14.8 Å². The molecule has 1 amide bonds. The number of fused-ring (bicyclic) bond motifs is 1. The van der Waals surface area contributed by atoms with E-state index in [2.05, 4.69) is 21.7 Å². The smallest absolute Gasteiger partial charge is 0.251 e. The van der Waals surface area contributed by atoms with E-state index in [0.717, 1.165) is 78.1 Å². The molecule has 0 radical (unpaired) electrons. The monoisotopic (exact) mass is 508 g/mol. The van der Waals surface area contributed by atoms with Gasteiger partial charge in [-0.3, -0.25) is 9.78 Å². The number of aryl methyl sites for hydroxylation is 1. The van der Waals surface area contributed by atoms with Gasteiger partial charge < -0.3 is 15.4 Å². The number of carbonyl (C=O) groups is 1. The Balaban J connectivity index is 1.32. The van der Waals surface area contributed by atoms with Crippen LogP contribution in [0.4, 0.5) is 5.69 Å². The highest BCUT2D eigenvalue weighted by Gasteiger charge is 2.24. The molecule has 2 fully saturated rings. The molecule has 1 saturated heterocycles. The van der Waals surface area contributed by atoms with Gasteiger partial charge in [-0.1, -0.05) is 12.1 Å². The molecule has 0 spiro atoms. The van der Waals surface area contributed by atoms with Crippen LogP contribution in [0.1, 0.15) is 54.4 Å². The van der Waals surface area contributed by atoms with E-state index in [1.807, 2.05) is 60.2 Å². The molecule has 1 atom stereocenters. The minimum atomic E-state index is -0.00955. The Morgan fingerprint density at radius 1 is 1.11 bits per heavy atom. The quantitative estimate of drug-likeness (QED) is 0.324. The summed E-state index contributed by atoms with van der Waals surface area (Å²) < 4.78 is 7.72. The second-order valence-electron chi connectivity index (χ2n) is 10.1. The number of nitrogens with one attached hydrogen (secondary N) is 2. The van der Waals surface area contributed by atoms with Crippen LogP contribution in [0, 0.1) is 6.92 Å². The highest BCUT2D eigenvalue weighted by molar-refractivity contribution is 5.96. The number of aromatic nitrogens is 4. The number of ether oxygens (including phenoxy) is 1. The van der Waals surface area contributed by atoms with Gasteiger partial charge in [0.05, 0.1) is 29.4 Å². The van der Waals surface area contributed by atoms with Gasteiger partial charge in [-0.25, -0.2) is 9.50 Å². The molecule has 2 N–H and O–H groups in total. The van der Waals surface area contributed by atoms with Crippen LogP contribution in [0.2, 0.25) is 0 Å². The molecule has 2 aliphatic rings. The molecular weight excluding hydrogens is 476 g/mol. The third-order valence-corrected chi connectivity index (χ3v) is 7.15. The molecule has 1 aliphatic carbocycles. The lowest BCUT2D eigenvalue weighted by Gasteiger charge is -2.20. The average Bonchev–Trinajstić information content (AvgIpc) is 3.66. The average molecular weight is 509 g/mol. The molecule has 1 unspecified atom stereocenters. The van der Waals surface area contributed by atoms with Gasteiger partial charge in [0.1, 0.15) is 0 Å². The Kier molecular flexibility index (Phi) is 6.88. The Morgan fingerprint density at radius 3 is 2.74 bits per heavy atom. The summed E-state index contributed by atoms with van der Waals surface area (Å²) in [5.74, 6) is -0.00955. The van der Waals surface area contributed by atoms with Gasteiger partial charge >= 0.3 is 0 Å². The number of pyridine rings is 1. The number of benzene rings is 1. The van der Waals surface area contributed by atoms with Gasteiger partial charge in [0.25, 0.3) is 5.91 Å². The van der Waals surface area contributed by atoms with Crippen molar-refractivity contribution in [2.45, 2.75) is 57.6 Å². The predicted octanol–water partition coefficient (Wildman–Crippen LogP) is 5.54. The summed E-state index contributed by atoms with van der Waals surface area (Å²) in [5, 5.41) is 11.5. The Hall–Kier alpha value is -4.04. The molecule has 8 heteroatoms. The lowest BCUT2D eigenvalue weighted by molar-refractivity contribution is 0.0184. The van der Waals surface area contributed by atoms with E-state index in [-0.39, 0.29) is 5.91 Å². The third kappa shape index (κ3) is 5.31. The van der Waals surface area contributed by atoms with Gasteiger partial charge in [-0.2, -0.15) is 5.10 Å². The molecule has 1 aromatic carbocycles. The lowest BCUT2D eigenvalue weighted by Crippen LogP contribution is -2.26. The SMILES string of the molecule is Cc1cc(-c2cnc3c(N/C=C/CC4CCCCO4)cc(-c4ccncc4)nn23)ccc1C(=O)NC1CC1. The van der Waals surface area contributed by atoms with Crippen LogP contribution in [0.15, 0.2) is 67.3 Å². The van der Waals surface area contributed by atoms with Crippen molar-refractivity contribution in [1.29, 1.82) is 0 Å². The number of carbonyl (C=O) groups excluding carboxylic acids is 1. The van der Waals surface area contributed by atoms with E-state index in [0.29, 0.717) is 17.7 Å². The zero-order chi connectivity index (χ0) is 25.9. The van der Waals surface area contributed by atoms with Crippen molar-refractivity contribution in [2.75, 3.05) is 11.9 Å². The molecule has 194 valence electrons. The van der Waals surface area contributed by atoms with Gasteiger partial charge in [0, 0.05) is 41.7 Å². The molecule has 8 nitrogen and oxygen atoms in total. The van der Waals surface area contributed by atoms with Crippen LogP contribution in [0.25, 0.3) is 28.2 Å². The van der Waals surface area contributed by atoms with E-state index in [1.54, 1.807) is 12.4 Å². The maximum absolute atomic E-state index is 12.6. The number of hydrogen-bond acceptors (Lipinski definition) is 6. The first-order valence-electron chi connectivity index (χ1n) is 13.4. The number of amides is 1. The highest BCUT2D eigenvalue weighted by Crippen LogP contribution is 2.29.